The largest absolute Gasteiger partial charge is 0.459 e. The Morgan fingerprint density at radius 1 is 1.39 bits per heavy atom. The van der Waals surface area contributed by atoms with Crippen molar-refractivity contribution in [1.82, 2.24) is 5.43 Å². The minimum atomic E-state index is -0.00995. The molecule has 4 nitrogen and oxygen atoms in total. The smallest absolute Gasteiger partial charge is 0.134 e. The first-order chi connectivity index (χ1) is 8.74. The van der Waals surface area contributed by atoms with Gasteiger partial charge in [0.25, 0.3) is 0 Å². The van der Waals surface area contributed by atoms with Crippen LogP contribution in [0.25, 0.3) is 11.0 Å². The zero-order valence-corrected chi connectivity index (χ0v) is 10.9. The summed E-state index contributed by atoms with van der Waals surface area (Å²) in [6.07, 6.45) is 0.795. The van der Waals surface area contributed by atoms with Gasteiger partial charge in [0.15, 0.2) is 0 Å². The highest BCUT2D eigenvalue weighted by molar-refractivity contribution is 5.78. The zero-order valence-electron chi connectivity index (χ0n) is 10.9. The summed E-state index contributed by atoms with van der Waals surface area (Å²) < 4.78 is 11.2. The molecule has 0 saturated carbocycles. The number of ether oxygens (including phenoxy) is 1. The first-order valence-corrected chi connectivity index (χ1v) is 6.28. The lowest BCUT2D eigenvalue weighted by molar-refractivity contribution is 0.134. The lowest BCUT2D eigenvalue weighted by Crippen LogP contribution is -2.28. The standard InChI is InChI=1S/C14H20N2O2/c1-3-17-7-6-12(16-15)14-9-11-8-10(2)4-5-13(11)18-14/h4-5,8-9,12,16H,3,6-7,15H2,1-2H3. The van der Waals surface area contributed by atoms with E-state index < -0.39 is 0 Å². The van der Waals surface area contributed by atoms with Crippen molar-refractivity contribution in [2.24, 2.45) is 5.84 Å². The fourth-order valence-corrected chi connectivity index (χ4v) is 2.01. The Kier molecular flexibility index (Phi) is 4.36. The number of hydrazine groups is 1. The van der Waals surface area contributed by atoms with Crippen molar-refractivity contribution in [3.8, 4) is 0 Å². The average Bonchev–Trinajstić information content (AvgIpc) is 2.77. The lowest BCUT2D eigenvalue weighted by atomic mass is 10.1. The van der Waals surface area contributed by atoms with Crippen LogP contribution in [-0.4, -0.2) is 13.2 Å². The predicted octanol–water partition coefficient (Wildman–Crippen LogP) is 2.67. The Hall–Kier alpha value is -1.36. The lowest BCUT2D eigenvalue weighted by Gasteiger charge is -2.12. The average molecular weight is 248 g/mol. The van der Waals surface area contributed by atoms with E-state index >= 15 is 0 Å². The Bertz CT molecular complexity index is 507. The van der Waals surface area contributed by atoms with Gasteiger partial charge in [0.1, 0.15) is 11.3 Å². The molecule has 3 N–H and O–H groups in total. The summed E-state index contributed by atoms with van der Waals surface area (Å²) in [7, 11) is 0. The molecular weight excluding hydrogens is 228 g/mol. The minimum absolute atomic E-state index is 0.00995. The molecule has 1 unspecified atom stereocenters. The molecule has 0 bridgehead atoms. The molecule has 0 amide bonds. The van der Waals surface area contributed by atoms with Crippen LogP contribution in [0, 0.1) is 6.92 Å². The van der Waals surface area contributed by atoms with Gasteiger partial charge in [-0.3, -0.25) is 5.84 Å². The van der Waals surface area contributed by atoms with E-state index in [1.165, 1.54) is 5.56 Å². The highest BCUT2D eigenvalue weighted by atomic mass is 16.5. The van der Waals surface area contributed by atoms with Crippen molar-refractivity contribution in [3.63, 3.8) is 0 Å². The van der Waals surface area contributed by atoms with E-state index in [-0.39, 0.29) is 6.04 Å². The van der Waals surface area contributed by atoms with E-state index in [2.05, 4.69) is 18.4 Å². The molecule has 0 radical (unpaired) electrons. The van der Waals surface area contributed by atoms with Crippen LogP contribution < -0.4 is 11.3 Å². The summed E-state index contributed by atoms with van der Waals surface area (Å²) in [5, 5.41) is 1.11. The molecule has 0 aliphatic rings. The molecule has 98 valence electrons. The molecule has 2 rings (SSSR count). The number of fused-ring (bicyclic) bond motifs is 1. The van der Waals surface area contributed by atoms with Crippen molar-refractivity contribution in [2.45, 2.75) is 26.3 Å². The van der Waals surface area contributed by atoms with E-state index in [1.807, 2.05) is 25.1 Å². The van der Waals surface area contributed by atoms with Crippen molar-refractivity contribution >= 4 is 11.0 Å². The van der Waals surface area contributed by atoms with Gasteiger partial charge in [-0.1, -0.05) is 11.6 Å². The second-order valence-corrected chi connectivity index (χ2v) is 4.39. The molecule has 0 spiro atoms. The van der Waals surface area contributed by atoms with E-state index in [0.717, 1.165) is 29.8 Å². The topological polar surface area (TPSA) is 60.4 Å². The Balaban J connectivity index is 2.17. The van der Waals surface area contributed by atoms with Crippen molar-refractivity contribution < 1.29 is 9.15 Å². The molecule has 18 heavy (non-hydrogen) atoms. The molecule has 1 atom stereocenters. The van der Waals surface area contributed by atoms with Crippen LogP contribution in [0.2, 0.25) is 0 Å². The molecule has 1 aromatic heterocycles. The van der Waals surface area contributed by atoms with Crippen molar-refractivity contribution in [3.05, 3.63) is 35.6 Å². The first kappa shape index (κ1) is 13.1. The Morgan fingerprint density at radius 2 is 2.22 bits per heavy atom. The van der Waals surface area contributed by atoms with Crippen LogP contribution in [0.1, 0.15) is 30.7 Å². The van der Waals surface area contributed by atoms with Gasteiger partial charge >= 0.3 is 0 Å². The second kappa shape index (κ2) is 6.00. The van der Waals surface area contributed by atoms with E-state index in [1.54, 1.807) is 0 Å². The van der Waals surface area contributed by atoms with Gasteiger partial charge < -0.3 is 9.15 Å². The predicted molar refractivity (Wildman–Crippen MR) is 72.1 cm³/mol. The number of rotatable bonds is 6. The number of nitrogens with two attached hydrogens (primary N) is 1. The SMILES string of the molecule is CCOCCC(NN)c1cc2cc(C)ccc2o1. The maximum Gasteiger partial charge on any atom is 0.134 e. The maximum atomic E-state index is 5.81. The number of aryl methyl sites for hydroxylation is 1. The number of furan rings is 1. The van der Waals surface area contributed by atoms with E-state index in [4.69, 9.17) is 15.0 Å². The molecule has 1 heterocycles. The number of nitrogens with one attached hydrogen (secondary N) is 1. The quantitative estimate of drug-likeness (QED) is 0.469. The van der Waals surface area contributed by atoms with Crippen LogP contribution in [0.4, 0.5) is 0 Å². The monoisotopic (exact) mass is 248 g/mol. The van der Waals surface area contributed by atoms with Crippen LogP contribution in [0.3, 0.4) is 0 Å². The Morgan fingerprint density at radius 3 is 2.94 bits per heavy atom. The third-order valence-electron chi connectivity index (χ3n) is 2.99. The fourth-order valence-electron chi connectivity index (χ4n) is 2.01. The van der Waals surface area contributed by atoms with Gasteiger partial charge in [-0.2, -0.15) is 0 Å². The number of benzene rings is 1. The van der Waals surface area contributed by atoms with Gasteiger partial charge in [-0.25, -0.2) is 5.43 Å². The maximum absolute atomic E-state index is 5.81. The molecule has 2 aromatic rings. The van der Waals surface area contributed by atoms with Gasteiger partial charge in [0.05, 0.1) is 6.04 Å². The van der Waals surface area contributed by atoms with Crippen LogP contribution in [0.15, 0.2) is 28.7 Å². The second-order valence-electron chi connectivity index (χ2n) is 4.39. The van der Waals surface area contributed by atoms with E-state index in [0.29, 0.717) is 6.61 Å². The summed E-state index contributed by atoms with van der Waals surface area (Å²) in [4.78, 5) is 0. The third kappa shape index (κ3) is 2.90. The highest BCUT2D eigenvalue weighted by Gasteiger charge is 2.14. The normalized spacial score (nSPS) is 13.1. The molecule has 0 aliphatic carbocycles. The van der Waals surface area contributed by atoms with Crippen LogP contribution in [-0.2, 0) is 4.74 Å². The summed E-state index contributed by atoms with van der Waals surface area (Å²) >= 11 is 0. The summed E-state index contributed by atoms with van der Waals surface area (Å²) in [6, 6.07) is 8.17. The molecule has 1 aromatic carbocycles. The van der Waals surface area contributed by atoms with E-state index in [9.17, 15) is 0 Å². The van der Waals surface area contributed by atoms with Gasteiger partial charge in [0.2, 0.25) is 0 Å². The van der Waals surface area contributed by atoms with Crippen LogP contribution in [0.5, 0.6) is 0 Å². The van der Waals surface area contributed by atoms with Gasteiger partial charge in [-0.15, -0.1) is 0 Å². The molecular formula is C14H20N2O2. The van der Waals surface area contributed by atoms with Gasteiger partial charge in [-0.05, 0) is 38.5 Å². The van der Waals surface area contributed by atoms with Gasteiger partial charge in [0, 0.05) is 18.6 Å². The highest BCUT2D eigenvalue weighted by Crippen LogP contribution is 2.26. The first-order valence-electron chi connectivity index (χ1n) is 6.28. The molecule has 0 saturated heterocycles. The molecule has 4 heteroatoms. The van der Waals surface area contributed by atoms with Crippen molar-refractivity contribution in [1.29, 1.82) is 0 Å². The minimum Gasteiger partial charge on any atom is -0.459 e. The zero-order chi connectivity index (χ0) is 13.0. The summed E-state index contributed by atoms with van der Waals surface area (Å²) in [5.41, 5.74) is 4.90. The summed E-state index contributed by atoms with van der Waals surface area (Å²) in [5.74, 6) is 6.43. The van der Waals surface area contributed by atoms with Crippen molar-refractivity contribution in [2.75, 3.05) is 13.2 Å². The number of hydrogen-bond acceptors (Lipinski definition) is 4. The third-order valence-corrected chi connectivity index (χ3v) is 2.99. The molecule has 0 aliphatic heterocycles. The summed E-state index contributed by atoms with van der Waals surface area (Å²) in [6.45, 7) is 5.44. The molecule has 0 fully saturated rings. The Labute approximate surface area is 107 Å². The fraction of sp³-hybridized carbons (Fsp3) is 0.429. The number of hydrogen-bond donors (Lipinski definition) is 2. The van der Waals surface area contributed by atoms with Crippen LogP contribution >= 0.6 is 0 Å².